The van der Waals surface area contributed by atoms with E-state index >= 15 is 0 Å². The summed E-state index contributed by atoms with van der Waals surface area (Å²) in [6.45, 7) is 1.27. The van der Waals surface area contributed by atoms with Crippen LogP contribution in [0.25, 0.3) is 0 Å². The molecule has 3 heteroatoms. The lowest BCUT2D eigenvalue weighted by Crippen LogP contribution is -2.29. The second kappa shape index (κ2) is 10.2. The highest BCUT2D eigenvalue weighted by molar-refractivity contribution is 5.16. The Hall–Kier alpha value is -1.68. The predicted octanol–water partition coefficient (Wildman–Crippen LogP) is 2.92. The standard InChI is InChI=1S/C20H28N2O/c21-13-11-19(15-17-7-3-1-4-8-17)23-20(12-14-22)16-18-9-5-2-6-10-18/h1-10,19-20H,11-16,21-22H2. The van der Waals surface area contributed by atoms with Gasteiger partial charge in [0.25, 0.3) is 0 Å². The first-order chi connectivity index (χ1) is 11.3. The molecule has 0 radical (unpaired) electrons. The van der Waals surface area contributed by atoms with Gasteiger partial charge in [0.05, 0.1) is 12.2 Å². The first-order valence-electron chi connectivity index (χ1n) is 8.45. The summed E-state index contributed by atoms with van der Waals surface area (Å²) in [6, 6.07) is 20.9. The number of nitrogens with two attached hydrogens (primary N) is 2. The van der Waals surface area contributed by atoms with E-state index in [2.05, 4.69) is 48.5 Å². The van der Waals surface area contributed by atoms with E-state index in [4.69, 9.17) is 16.2 Å². The van der Waals surface area contributed by atoms with Gasteiger partial charge in [0, 0.05) is 0 Å². The van der Waals surface area contributed by atoms with Crippen LogP contribution in [-0.4, -0.2) is 25.3 Å². The smallest absolute Gasteiger partial charge is 0.0631 e. The van der Waals surface area contributed by atoms with Gasteiger partial charge in [-0.15, -0.1) is 0 Å². The first-order valence-corrected chi connectivity index (χ1v) is 8.45. The van der Waals surface area contributed by atoms with Gasteiger partial charge in [-0.05, 0) is 49.9 Å². The van der Waals surface area contributed by atoms with Gasteiger partial charge in [-0.25, -0.2) is 0 Å². The fraction of sp³-hybridized carbons (Fsp3) is 0.400. The Labute approximate surface area is 139 Å². The van der Waals surface area contributed by atoms with E-state index in [-0.39, 0.29) is 12.2 Å². The van der Waals surface area contributed by atoms with Crippen molar-refractivity contribution in [3.05, 3.63) is 71.8 Å². The summed E-state index contributed by atoms with van der Waals surface area (Å²) < 4.78 is 6.38. The maximum absolute atomic E-state index is 6.38. The number of rotatable bonds is 10. The van der Waals surface area contributed by atoms with Crippen molar-refractivity contribution in [1.29, 1.82) is 0 Å². The lowest BCUT2D eigenvalue weighted by Gasteiger charge is -2.25. The zero-order valence-corrected chi connectivity index (χ0v) is 13.7. The fourth-order valence-corrected chi connectivity index (χ4v) is 2.83. The van der Waals surface area contributed by atoms with Gasteiger partial charge in [-0.2, -0.15) is 0 Å². The maximum Gasteiger partial charge on any atom is 0.0631 e. The molecule has 0 aliphatic heterocycles. The van der Waals surface area contributed by atoms with E-state index in [1.54, 1.807) is 0 Å². The molecule has 4 N–H and O–H groups in total. The summed E-state index contributed by atoms with van der Waals surface area (Å²) in [5, 5.41) is 0. The van der Waals surface area contributed by atoms with E-state index in [1.165, 1.54) is 11.1 Å². The van der Waals surface area contributed by atoms with E-state index in [0.29, 0.717) is 13.1 Å². The first kappa shape index (κ1) is 17.7. The minimum atomic E-state index is 0.141. The molecule has 2 aromatic carbocycles. The zero-order valence-electron chi connectivity index (χ0n) is 13.7. The van der Waals surface area contributed by atoms with Gasteiger partial charge in [0.2, 0.25) is 0 Å². The average molecular weight is 312 g/mol. The van der Waals surface area contributed by atoms with Crippen LogP contribution in [0, 0.1) is 0 Å². The zero-order chi connectivity index (χ0) is 16.3. The molecule has 0 heterocycles. The molecule has 3 nitrogen and oxygen atoms in total. The summed E-state index contributed by atoms with van der Waals surface area (Å²) in [4.78, 5) is 0. The van der Waals surface area contributed by atoms with Crippen molar-refractivity contribution in [3.8, 4) is 0 Å². The quantitative estimate of drug-likeness (QED) is 0.709. The summed E-state index contributed by atoms with van der Waals surface area (Å²) in [7, 11) is 0. The van der Waals surface area contributed by atoms with Crippen LogP contribution in [-0.2, 0) is 17.6 Å². The van der Waals surface area contributed by atoms with Crippen molar-refractivity contribution in [2.45, 2.75) is 37.9 Å². The Kier molecular flexibility index (Phi) is 7.81. The van der Waals surface area contributed by atoms with Crippen LogP contribution in [0.4, 0.5) is 0 Å². The molecule has 2 atom stereocenters. The minimum absolute atomic E-state index is 0.141. The molecule has 0 aliphatic rings. The van der Waals surface area contributed by atoms with Crippen molar-refractivity contribution in [3.63, 3.8) is 0 Å². The lowest BCUT2D eigenvalue weighted by molar-refractivity contribution is -0.0169. The van der Waals surface area contributed by atoms with Gasteiger partial charge in [0.1, 0.15) is 0 Å². The van der Waals surface area contributed by atoms with Crippen molar-refractivity contribution < 1.29 is 4.74 Å². The van der Waals surface area contributed by atoms with Crippen LogP contribution in [0.15, 0.2) is 60.7 Å². The second-order valence-corrected chi connectivity index (χ2v) is 5.91. The normalized spacial score (nSPS) is 13.7. The van der Waals surface area contributed by atoms with E-state index in [9.17, 15) is 0 Å². The molecule has 2 rings (SSSR count). The van der Waals surface area contributed by atoms with E-state index < -0.39 is 0 Å². The molecule has 0 aliphatic carbocycles. The molecular formula is C20H28N2O. The maximum atomic E-state index is 6.38. The van der Waals surface area contributed by atoms with Crippen LogP contribution in [0.1, 0.15) is 24.0 Å². The van der Waals surface area contributed by atoms with E-state index in [1.807, 2.05) is 12.1 Å². The summed E-state index contributed by atoms with van der Waals surface area (Å²) in [5.74, 6) is 0. The summed E-state index contributed by atoms with van der Waals surface area (Å²) >= 11 is 0. The summed E-state index contributed by atoms with van der Waals surface area (Å²) in [6.07, 6.45) is 3.81. The largest absolute Gasteiger partial charge is 0.374 e. The monoisotopic (exact) mass is 312 g/mol. The molecule has 0 spiro atoms. The van der Waals surface area contributed by atoms with Gasteiger partial charge in [-0.3, -0.25) is 0 Å². The molecule has 0 aromatic heterocycles. The topological polar surface area (TPSA) is 61.3 Å². The number of hydrogen-bond donors (Lipinski definition) is 2. The molecule has 2 unspecified atom stereocenters. The number of benzene rings is 2. The third-order valence-corrected chi connectivity index (χ3v) is 3.97. The summed E-state index contributed by atoms with van der Waals surface area (Å²) in [5.41, 5.74) is 14.1. The second-order valence-electron chi connectivity index (χ2n) is 5.91. The Morgan fingerprint density at radius 1 is 0.652 bits per heavy atom. The van der Waals surface area contributed by atoms with Crippen LogP contribution < -0.4 is 11.5 Å². The number of ether oxygens (including phenoxy) is 1. The van der Waals surface area contributed by atoms with Gasteiger partial charge in [-0.1, -0.05) is 60.7 Å². The molecule has 0 fully saturated rings. The van der Waals surface area contributed by atoms with Crippen LogP contribution >= 0.6 is 0 Å². The Morgan fingerprint density at radius 2 is 1.04 bits per heavy atom. The molecule has 23 heavy (non-hydrogen) atoms. The minimum Gasteiger partial charge on any atom is -0.374 e. The Balaban J connectivity index is 1.98. The molecule has 2 aromatic rings. The van der Waals surface area contributed by atoms with Crippen molar-refractivity contribution in [1.82, 2.24) is 0 Å². The lowest BCUT2D eigenvalue weighted by atomic mass is 10.0. The molecule has 0 saturated carbocycles. The average Bonchev–Trinajstić information content (AvgIpc) is 2.57. The molecular weight excluding hydrogens is 284 g/mol. The highest BCUT2D eigenvalue weighted by Gasteiger charge is 2.17. The Morgan fingerprint density at radius 3 is 1.39 bits per heavy atom. The van der Waals surface area contributed by atoms with Crippen molar-refractivity contribution >= 4 is 0 Å². The van der Waals surface area contributed by atoms with Gasteiger partial charge in [0.15, 0.2) is 0 Å². The van der Waals surface area contributed by atoms with E-state index in [0.717, 1.165) is 25.7 Å². The molecule has 124 valence electrons. The van der Waals surface area contributed by atoms with Gasteiger partial charge >= 0.3 is 0 Å². The highest BCUT2D eigenvalue weighted by atomic mass is 16.5. The third kappa shape index (κ3) is 6.53. The fourth-order valence-electron chi connectivity index (χ4n) is 2.83. The number of hydrogen-bond acceptors (Lipinski definition) is 3. The Bertz CT molecular complexity index is 480. The van der Waals surface area contributed by atoms with Crippen molar-refractivity contribution in [2.75, 3.05) is 13.1 Å². The molecule has 0 saturated heterocycles. The SMILES string of the molecule is NCCC(Cc1ccccc1)OC(CCN)Cc1ccccc1. The van der Waals surface area contributed by atoms with Crippen LogP contribution in [0.3, 0.4) is 0 Å². The van der Waals surface area contributed by atoms with Crippen LogP contribution in [0.5, 0.6) is 0 Å². The third-order valence-electron chi connectivity index (χ3n) is 3.97. The van der Waals surface area contributed by atoms with Crippen LogP contribution in [0.2, 0.25) is 0 Å². The molecule has 0 amide bonds. The van der Waals surface area contributed by atoms with Gasteiger partial charge < -0.3 is 16.2 Å². The highest BCUT2D eigenvalue weighted by Crippen LogP contribution is 2.16. The van der Waals surface area contributed by atoms with Crippen molar-refractivity contribution in [2.24, 2.45) is 11.5 Å². The molecule has 0 bridgehead atoms. The predicted molar refractivity (Wildman–Crippen MR) is 96.3 cm³/mol.